The molecule has 1 amide bonds. The number of rotatable bonds is 7. The van der Waals surface area contributed by atoms with Crippen molar-refractivity contribution in [1.82, 2.24) is 20.3 Å². The van der Waals surface area contributed by atoms with Gasteiger partial charge in [-0.3, -0.25) is 4.79 Å². The first-order valence-electron chi connectivity index (χ1n) is 9.81. The van der Waals surface area contributed by atoms with E-state index in [0.717, 1.165) is 12.1 Å². The summed E-state index contributed by atoms with van der Waals surface area (Å²) in [6, 6.07) is 8.07. The maximum Gasteiger partial charge on any atom is 0.321 e. The number of nitrogens with zero attached hydrogens (tertiary/aromatic N) is 3. The van der Waals surface area contributed by atoms with Crippen LogP contribution in [0.5, 0.6) is 5.75 Å². The summed E-state index contributed by atoms with van der Waals surface area (Å²) in [5, 5.41) is 10.3. The lowest BCUT2D eigenvalue weighted by atomic mass is 10.0. The average Bonchev–Trinajstić information content (AvgIpc) is 3.39. The minimum Gasteiger partial charge on any atom is -0.484 e. The van der Waals surface area contributed by atoms with Crippen molar-refractivity contribution in [3.63, 3.8) is 0 Å². The van der Waals surface area contributed by atoms with E-state index in [-0.39, 0.29) is 11.3 Å². The van der Waals surface area contributed by atoms with E-state index in [2.05, 4.69) is 15.6 Å². The highest BCUT2D eigenvalue weighted by atomic mass is 19.3. The van der Waals surface area contributed by atoms with Crippen LogP contribution in [0.1, 0.15) is 25.5 Å². The molecule has 2 heterocycles. The van der Waals surface area contributed by atoms with Crippen LogP contribution >= 0.6 is 0 Å². The van der Waals surface area contributed by atoms with Crippen molar-refractivity contribution in [2.75, 3.05) is 0 Å². The predicted molar refractivity (Wildman–Crippen MR) is 109 cm³/mol. The maximum absolute atomic E-state index is 13.9. The van der Waals surface area contributed by atoms with E-state index in [1.54, 1.807) is 18.2 Å². The Balaban J connectivity index is 1.67. The lowest BCUT2D eigenvalue weighted by molar-refractivity contribution is -0.144. The van der Waals surface area contributed by atoms with E-state index < -0.39 is 35.6 Å². The number of hydrogen-bond donors (Lipinski definition) is 1. The lowest BCUT2D eigenvalue weighted by Crippen LogP contribution is -2.46. The number of furan rings is 1. The van der Waals surface area contributed by atoms with Crippen LogP contribution in [0, 0.1) is 11.6 Å². The van der Waals surface area contributed by atoms with Crippen LogP contribution in [-0.2, 0) is 4.79 Å². The van der Waals surface area contributed by atoms with E-state index in [0.29, 0.717) is 29.7 Å². The number of alkyl halides is 2. The van der Waals surface area contributed by atoms with Crippen molar-refractivity contribution in [2.24, 2.45) is 0 Å². The molecule has 0 bridgehead atoms. The van der Waals surface area contributed by atoms with E-state index >= 15 is 0 Å². The van der Waals surface area contributed by atoms with Crippen LogP contribution < -0.4 is 10.1 Å². The molecule has 0 aliphatic heterocycles. The first kappa shape index (κ1) is 22.3. The number of carbonyl (C=O) groups is 1. The van der Waals surface area contributed by atoms with Crippen molar-refractivity contribution < 1.29 is 31.5 Å². The molecule has 0 saturated heterocycles. The fourth-order valence-corrected chi connectivity index (χ4v) is 3.30. The van der Waals surface area contributed by atoms with Crippen molar-refractivity contribution in [3.05, 3.63) is 72.2 Å². The summed E-state index contributed by atoms with van der Waals surface area (Å²) in [6.07, 6.45) is 1.78. The van der Waals surface area contributed by atoms with Crippen LogP contribution in [0.25, 0.3) is 16.7 Å². The van der Waals surface area contributed by atoms with Crippen LogP contribution in [0.4, 0.5) is 17.6 Å². The number of hydrogen-bond acceptors (Lipinski definition) is 5. The number of benzene rings is 2. The van der Waals surface area contributed by atoms with Crippen LogP contribution in [0.15, 0.2) is 59.4 Å². The number of aromatic nitrogens is 3. The number of amides is 1. The summed E-state index contributed by atoms with van der Waals surface area (Å²) >= 11 is 0. The Labute approximate surface area is 184 Å². The molecule has 0 fully saturated rings. The van der Waals surface area contributed by atoms with Gasteiger partial charge in [-0.15, -0.1) is 5.10 Å². The molecule has 0 saturated carbocycles. The molecule has 2 aromatic heterocycles. The third-order valence-electron chi connectivity index (χ3n) is 4.86. The Hall–Kier alpha value is -3.89. The molecule has 4 rings (SSSR count). The number of halogens is 4. The standard InChI is InChI=1S/C22H18F4N4O3/c1-12(27-21(31)22(2,25)26)20(13-7-14(23)9-15(24)8-13)33-17-3-4-19-18(10-17)28-29-30(19)16-5-6-32-11-16/h3-12,20H,1-2H3,(H,27,31)/t12-,20-/m0/s1. The van der Waals surface area contributed by atoms with Gasteiger partial charge in [-0.2, -0.15) is 8.78 Å². The topological polar surface area (TPSA) is 82.2 Å². The summed E-state index contributed by atoms with van der Waals surface area (Å²) in [5.74, 6) is -6.72. The fraction of sp³-hybridized carbons (Fsp3) is 0.227. The number of nitrogens with one attached hydrogen (secondary N) is 1. The quantitative estimate of drug-likeness (QED) is 0.407. The van der Waals surface area contributed by atoms with Gasteiger partial charge in [0.15, 0.2) is 0 Å². The van der Waals surface area contributed by atoms with Gasteiger partial charge >= 0.3 is 5.92 Å². The molecule has 0 spiro atoms. The van der Waals surface area contributed by atoms with Gasteiger partial charge in [0.25, 0.3) is 5.91 Å². The summed E-state index contributed by atoms with van der Waals surface area (Å²) in [6.45, 7) is 1.84. The molecule has 33 heavy (non-hydrogen) atoms. The van der Waals surface area contributed by atoms with Crippen LogP contribution in [-0.4, -0.2) is 32.9 Å². The van der Waals surface area contributed by atoms with Crippen LogP contribution in [0.2, 0.25) is 0 Å². The number of carbonyl (C=O) groups excluding carboxylic acids is 1. The zero-order valence-corrected chi connectivity index (χ0v) is 17.4. The van der Waals surface area contributed by atoms with Crippen molar-refractivity contribution >= 4 is 16.9 Å². The largest absolute Gasteiger partial charge is 0.484 e. The second-order valence-corrected chi connectivity index (χ2v) is 7.53. The lowest BCUT2D eigenvalue weighted by Gasteiger charge is -2.27. The third kappa shape index (κ3) is 4.81. The molecule has 0 unspecified atom stereocenters. The van der Waals surface area contributed by atoms with Crippen LogP contribution in [0.3, 0.4) is 0 Å². The molecule has 4 aromatic rings. The van der Waals surface area contributed by atoms with Gasteiger partial charge < -0.3 is 14.5 Å². The van der Waals surface area contributed by atoms with E-state index in [1.165, 1.54) is 30.2 Å². The smallest absolute Gasteiger partial charge is 0.321 e. The van der Waals surface area contributed by atoms with E-state index in [4.69, 9.17) is 9.15 Å². The van der Waals surface area contributed by atoms with Gasteiger partial charge in [0, 0.05) is 30.7 Å². The molecular formula is C22H18F4N4O3. The zero-order chi connectivity index (χ0) is 23.8. The Bertz CT molecular complexity index is 1260. The molecule has 0 radical (unpaired) electrons. The van der Waals surface area contributed by atoms with Gasteiger partial charge in [0.1, 0.15) is 41.0 Å². The molecule has 11 heteroatoms. The Kier molecular flexibility index (Phi) is 5.79. The van der Waals surface area contributed by atoms with E-state index in [9.17, 15) is 22.4 Å². The summed E-state index contributed by atoms with van der Waals surface area (Å²) in [7, 11) is 0. The highest BCUT2D eigenvalue weighted by Crippen LogP contribution is 2.29. The average molecular weight is 462 g/mol. The monoisotopic (exact) mass is 462 g/mol. The van der Waals surface area contributed by atoms with Gasteiger partial charge in [0.2, 0.25) is 0 Å². The van der Waals surface area contributed by atoms with Crippen molar-refractivity contribution in [1.29, 1.82) is 0 Å². The first-order chi connectivity index (χ1) is 15.6. The minimum absolute atomic E-state index is 0.0156. The highest BCUT2D eigenvalue weighted by Gasteiger charge is 2.35. The van der Waals surface area contributed by atoms with Gasteiger partial charge in [0.05, 0.1) is 17.8 Å². The van der Waals surface area contributed by atoms with Crippen molar-refractivity contribution in [2.45, 2.75) is 31.9 Å². The van der Waals surface area contributed by atoms with Gasteiger partial charge in [-0.25, -0.2) is 13.5 Å². The maximum atomic E-state index is 13.9. The summed E-state index contributed by atoms with van der Waals surface area (Å²) in [4.78, 5) is 11.8. The molecule has 2 atom stereocenters. The Morgan fingerprint density at radius 3 is 2.52 bits per heavy atom. The molecular weight excluding hydrogens is 444 g/mol. The van der Waals surface area contributed by atoms with E-state index in [1.807, 2.05) is 0 Å². The highest BCUT2D eigenvalue weighted by molar-refractivity contribution is 5.83. The third-order valence-corrected chi connectivity index (χ3v) is 4.86. The second kappa shape index (κ2) is 8.57. The Morgan fingerprint density at radius 2 is 1.88 bits per heavy atom. The normalized spacial score (nSPS) is 13.6. The molecule has 172 valence electrons. The molecule has 0 aliphatic carbocycles. The molecule has 1 N–H and O–H groups in total. The number of ether oxygens (including phenoxy) is 1. The predicted octanol–water partition coefficient (Wildman–Crippen LogP) is 4.57. The summed E-state index contributed by atoms with van der Waals surface area (Å²) < 4.78 is 67.0. The number of fused-ring (bicyclic) bond motifs is 1. The summed E-state index contributed by atoms with van der Waals surface area (Å²) in [5.41, 5.74) is 1.73. The van der Waals surface area contributed by atoms with Crippen molar-refractivity contribution in [3.8, 4) is 11.4 Å². The Morgan fingerprint density at radius 1 is 1.15 bits per heavy atom. The fourth-order valence-electron chi connectivity index (χ4n) is 3.30. The molecule has 0 aliphatic rings. The minimum atomic E-state index is -3.64. The molecule has 7 nitrogen and oxygen atoms in total. The second-order valence-electron chi connectivity index (χ2n) is 7.53. The molecule has 2 aromatic carbocycles. The SMILES string of the molecule is C[C@H](NC(=O)C(C)(F)F)[C@H](Oc1ccc2c(c1)nnn2-c1ccoc1)c1cc(F)cc(F)c1. The van der Waals surface area contributed by atoms with Gasteiger partial charge in [-0.1, -0.05) is 5.21 Å². The zero-order valence-electron chi connectivity index (χ0n) is 17.4. The van der Waals surface area contributed by atoms with Gasteiger partial charge in [-0.05, 0) is 31.2 Å². The first-order valence-corrected chi connectivity index (χ1v) is 9.81.